The standard InChI is InChI=1S/C24H50BNO5/c1-4-7-8-9-10-11-12-13-14-15-16-26-19-23(21-28-17-5-2)30-25(27)31-24(20-26)22-29-18-6-3/h23-24,27H,4-22H2,1-3H3. The molecule has 0 aromatic carbocycles. The summed E-state index contributed by atoms with van der Waals surface area (Å²) in [6.07, 6.45) is 15.0. The molecule has 2 unspecified atom stereocenters. The molecule has 6 nitrogen and oxygen atoms in total. The van der Waals surface area contributed by atoms with Crippen molar-refractivity contribution in [3.63, 3.8) is 0 Å². The molecule has 1 saturated heterocycles. The smallest absolute Gasteiger partial charge is 0.402 e. The van der Waals surface area contributed by atoms with Gasteiger partial charge in [-0.1, -0.05) is 78.6 Å². The monoisotopic (exact) mass is 443 g/mol. The molecule has 0 saturated carbocycles. The van der Waals surface area contributed by atoms with Crippen LogP contribution in [-0.4, -0.2) is 75.5 Å². The van der Waals surface area contributed by atoms with Crippen LogP contribution >= 0.6 is 0 Å². The van der Waals surface area contributed by atoms with Gasteiger partial charge in [0, 0.05) is 26.3 Å². The first-order valence-corrected chi connectivity index (χ1v) is 13.1. The lowest BCUT2D eigenvalue weighted by molar-refractivity contribution is -0.0576. The van der Waals surface area contributed by atoms with Crippen LogP contribution in [0.25, 0.3) is 0 Å². The maximum Gasteiger partial charge on any atom is 0.637 e. The Bertz CT molecular complexity index is 369. The largest absolute Gasteiger partial charge is 0.637 e. The molecule has 0 bridgehead atoms. The highest BCUT2D eigenvalue weighted by Gasteiger charge is 2.31. The van der Waals surface area contributed by atoms with E-state index in [9.17, 15) is 5.02 Å². The molecule has 0 aromatic heterocycles. The fourth-order valence-electron chi connectivity index (χ4n) is 4.01. The van der Waals surface area contributed by atoms with Gasteiger partial charge in [-0.15, -0.1) is 0 Å². The van der Waals surface area contributed by atoms with Crippen molar-refractivity contribution >= 4 is 7.32 Å². The van der Waals surface area contributed by atoms with Gasteiger partial charge in [0.05, 0.1) is 25.4 Å². The van der Waals surface area contributed by atoms with E-state index in [1.165, 1.54) is 64.2 Å². The molecule has 0 aromatic rings. The number of nitrogens with zero attached hydrogens (tertiary/aromatic N) is 1. The molecule has 184 valence electrons. The predicted octanol–water partition coefficient (Wildman–Crippen LogP) is 4.82. The van der Waals surface area contributed by atoms with E-state index in [4.69, 9.17) is 18.8 Å². The summed E-state index contributed by atoms with van der Waals surface area (Å²) in [7, 11) is -1.22. The molecule has 0 spiro atoms. The van der Waals surface area contributed by atoms with Crippen LogP contribution in [0.2, 0.25) is 0 Å². The Balaban J connectivity index is 2.35. The number of unbranched alkanes of at least 4 members (excludes halogenated alkanes) is 9. The molecule has 1 heterocycles. The lowest BCUT2D eigenvalue weighted by Gasteiger charge is -2.34. The van der Waals surface area contributed by atoms with Crippen molar-refractivity contribution in [2.75, 3.05) is 46.1 Å². The molecule has 7 heteroatoms. The molecule has 0 aliphatic carbocycles. The molecule has 0 radical (unpaired) electrons. The lowest BCUT2D eigenvalue weighted by atomic mass is 10.1. The molecule has 1 N–H and O–H groups in total. The van der Waals surface area contributed by atoms with Crippen molar-refractivity contribution in [1.82, 2.24) is 4.90 Å². The highest BCUT2D eigenvalue weighted by molar-refractivity contribution is 6.34. The Kier molecular flexibility index (Phi) is 19.0. The van der Waals surface area contributed by atoms with E-state index in [-0.39, 0.29) is 12.2 Å². The van der Waals surface area contributed by atoms with Crippen LogP contribution in [0.4, 0.5) is 0 Å². The highest BCUT2D eigenvalue weighted by atomic mass is 16.7. The van der Waals surface area contributed by atoms with E-state index >= 15 is 0 Å². The molecule has 1 rings (SSSR count). The molecular formula is C24H50BNO5. The molecule has 2 atom stereocenters. The summed E-state index contributed by atoms with van der Waals surface area (Å²) in [5.74, 6) is 0. The minimum absolute atomic E-state index is 0.179. The number of hydrogen-bond acceptors (Lipinski definition) is 6. The van der Waals surface area contributed by atoms with Crippen LogP contribution in [-0.2, 0) is 18.8 Å². The van der Waals surface area contributed by atoms with Gasteiger partial charge in [-0.05, 0) is 25.8 Å². The lowest BCUT2D eigenvalue weighted by Crippen LogP contribution is -2.50. The third kappa shape index (κ3) is 16.1. The van der Waals surface area contributed by atoms with Crippen molar-refractivity contribution in [3.8, 4) is 0 Å². The fraction of sp³-hybridized carbons (Fsp3) is 1.00. The first kappa shape index (κ1) is 28.9. The first-order chi connectivity index (χ1) is 15.2. The van der Waals surface area contributed by atoms with Gasteiger partial charge in [0.25, 0.3) is 0 Å². The van der Waals surface area contributed by atoms with Crippen LogP contribution in [0, 0.1) is 0 Å². The Hall–Kier alpha value is -0.175. The van der Waals surface area contributed by atoms with Crippen LogP contribution in [0.1, 0.15) is 97.8 Å². The molecule has 1 fully saturated rings. The zero-order valence-corrected chi connectivity index (χ0v) is 20.7. The summed E-state index contributed by atoms with van der Waals surface area (Å²) in [5, 5.41) is 10.1. The number of hydrogen-bond donors (Lipinski definition) is 1. The summed E-state index contributed by atoms with van der Waals surface area (Å²) in [6.45, 7) is 11.4. The fourth-order valence-corrected chi connectivity index (χ4v) is 4.01. The molecule has 0 amide bonds. The normalized spacial score (nSPS) is 20.7. The van der Waals surface area contributed by atoms with Gasteiger partial charge in [0.15, 0.2) is 0 Å². The van der Waals surface area contributed by atoms with Gasteiger partial charge in [-0.25, -0.2) is 0 Å². The van der Waals surface area contributed by atoms with Crippen molar-refractivity contribution in [2.24, 2.45) is 0 Å². The van der Waals surface area contributed by atoms with Gasteiger partial charge in [0.2, 0.25) is 0 Å². The Morgan fingerprint density at radius 1 is 0.710 bits per heavy atom. The Morgan fingerprint density at radius 3 is 1.61 bits per heavy atom. The van der Waals surface area contributed by atoms with Crippen molar-refractivity contribution in [3.05, 3.63) is 0 Å². The minimum atomic E-state index is -1.22. The van der Waals surface area contributed by atoms with Gasteiger partial charge >= 0.3 is 7.32 Å². The maximum atomic E-state index is 10.1. The maximum absolute atomic E-state index is 10.1. The minimum Gasteiger partial charge on any atom is -0.402 e. The van der Waals surface area contributed by atoms with E-state index in [0.29, 0.717) is 26.4 Å². The second-order valence-corrected chi connectivity index (χ2v) is 8.91. The molecular weight excluding hydrogens is 393 g/mol. The summed E-state index contributed by atoms with van der Waals surface area (Å²) in [4.78, 5) is 2.40. The average molecular weight is 443 g/mol. The van der Waals surface area contributed by atoms with Crippen molar-refractivity contribution in [2.45, 2.75) is 110 Å². The third-order valence-corrected chi connectivity index (χ3v) is 5.67. The third-order valence-electron chi connectivity index (χ3n) is 5.67. The van der Waals surface area contributed by atoms with Crippen molar-refractivity contribution < 1.29 is 23.8 Å². The van der Waals surface area contributed by atoms with E-state index in [1.54, 1.807) is 0 Å². The second-order valence-electron chi connectivity index (χ2n) is 8.91. The van der Waals surface area contributed by atoms with Crippen LogP contribution in [0.5, 0.6) is 0 Å². The zero-order chi connectivity index (χ0) is 22.6. The SMILES string of the molecule is CCCCCCCCCCCCN1CC(COCCC)OB(O)OC(COCCC)C1. The van der Waals surface area contributed by atoms with Gasteiger partial charge in [0.1, 0.15) is 0 Å². The van der Waals surface area contributed by atoms with E-state index < -0.39 is 7.32 Å². The van der Waals surface area contributed by atoms with Crippen molar-refractivity contribution in [1.29, 1.82) is 0 Å². The second kappa shape index (κ2) is 20.4. The summed E-state index contributed by atoms with van der Waals surface area (Å²) in [6, 6.07) is 0. The topological polar surface area (TPSA) is 60.4 Å². The number of ether oxygens (including phenoxy) is 2. The summed E-state index contributed by atoms with van der Waals surface area (Å²) < 4.78 is 22.8. The van der Waals surface area contributed by atoms with Gasteiger partial charge in [-0.2, -0.15) is 0 Å². The molecule has 31 heavy (non-hydrogen) atoms. The van der Waals surface area contributed by atoms with E-state index in [1.807, 2.05) is 0 Å². The van der Waals surface area contributed by atoms with Gasteiger partial charge < -0.3 is 23.8 Å². The summed E-state index contributed by atoms with van der Waals surface area (Å²) >= 11 is 0. The summed E-state index contributed by atoms with van der Waals surface area (Å²) in [5.41, 5.74) is 0. The average Bonchev–Trinajstić information content (AvgIpc) is 2.73. The van der Waals surface area contributed by atoms with Crippen LogP contribution in [0.15, 0.2) is 0 Å². The first-order valence-electron chi connectivity index (χ1n) is 13.1. The Morgan fingerprint density at radius 2 is 1.16 bits per heavy atom. The van der Waals surface area contributed by atoms with E-state index in [2.05, 4.69) is 25.7 Å². The number of rotatable bonds is 19. The van der Waals surface area contributed by atoms with Gasteiger partial charge in [-0.3, -0.25) is 4.90 Å². The quantitative estimate of drug-likeness (QED) is 0.228. The molecule has 1 aliphatic rings. The van der Waals surface area contributed by atoms with E-state index in [0.717, 1.165) is 32.5 Å². The highest BCUT2D eigenvalue weighted by Crippen LogP contribution is 2.14. The predicted molar refractivity (Wildman–Crippen MR) is 128 cm³/mol. The van der Waals surface area contributed by atoms with Crippen LogP contribution < -0.4 is 0 Å². The van der Waals surface area contributed by atoms with Crippen LogP contribution in [0.3, 0.4) is 0 Å². The zero-order valence-electron chi connectivity index (χ0n) is 20.7. The Labute approximate surface area is 192 Å². The molecule has 1 aliphatic heterocycles.